The first-order valence-corrected chi connectivity index (χ1v) is 7.81. The minimum atomic E-state index is 0.756. The average molecular weight is 306 g/mol. The van der Waals surface area contributed by atoms with Gasteiger partial charge in [-0.1, -0.05) is 0 Å². The molecule has 1 aliphatic rings. The first kappa shape index (κ1) is 14.1. The van der Waals surface area contributed by atoms with Gasteiger partial charge in [-0.15, -0.1) is 0 Å². The van der Waals surface area contributed by atoms with E-state index in [-0.39, 0.29) is 0 Å². The van der Waals surface area contributed by atoms with E-state index in [1.54, 1.807) is 12.4 Å². The van der Waals surface area contributed by atoms with Crippen LogP contribution in [0.4, 0.5) is 0 Å². The minimum absolute atomic E-state index is 0.756. The topological polar surface area (TPSA) is 55.1 Å². The first-order valence-electron chi connectivity index (χ1n) is 7.81. The fourth-order valence-corrected chi connectivity index (χ4v) is 2.93. The molecule has 0 spiro atoms. The lowest BCUT2D eigenvalue weighted by molar-refractivity contribution is 0.222. The van der Waals surface area contributed by atoms with Crippen molar-refractivity contribution in [1.29, 1.82) is 0 Å². The van der Waals surface area contributed by atoms with Crippen molar-refractivity contribution in [2.24, 2.45) is 0 Å². The van der Waals surface area contributed by atoms with Crippen molar-refractivity contribution in [2.45, 2.75) is 26.4 Å². The predicted molar refractivity (Wildman–Crippen MR) is 86.5 cm³/mol. The van der Waals surface area contributed by atoms with Crippen LogP contribution in [0, 0.1) is 6.92 Å². The van der Waals surface area contributed by atoms with Gasteiger partial charge in [0.05, 0.1) is 12.2 Å². The highest BCUT2D eigenvalue weighted by atomic mass is 16.3. The maximum absolute atomic E-state index is 5.67. The van der Waals surface area contributed by atoms with E-state index in [4.69, 9.17) is 9.40 Å². The summed E-state index contributed by atoms with van der Waals surface area (Å²) in [4.78, 5) is 15.7. The monoisotopic (exact) mass is 306 g/mol. The van der Waals surface area contributed by atoms with Gasteiger partial charge in [-0.3, -0.25) is 9.88 Å². The highest BCUT2D eigenvalue weighted by Crippen LogP contribution is 2.22. The largest absolute Gasteiger partial charge is 0.465 e. The summed E-state index contributed by atoms with van der Waals surface area (Å²) >= 11 is 0. The highest BCUT2D eigenvalue weighted by molar-refractivity contribution is 5.53. The van der Waals surface area contributed by atoms with Gasteiger partial charge in [0, 0.05) is 49.2 Å². The molecular weight excluding hydrogens is 288 g/mol. The van der Waals surface area contributed by atoms with E-state index in [2.05, 4.69) is 14.9 Å². The van der Waals surface area contributed by atoms with Gasteiger partial charge < -0.3 is 4.42 Å². The van der Waals surface area contributed by atoms with Crippen molar-refractivity contribution in [3.8, 4) is 11.4 Å². The van der Waals surface area contributed by atoms with E-state index >= 15 is 0 Å². The van der Waals surface area contributed by atoms with Crippen LogP contribution in [0.1, 0.15) is 22.8 Å². The lowest BCUT2D eigenvalue weighted by atomic mass is 10.1. The van der Waals surface area contributed by atoms with Gasteiger partial charge in [-0.25, -0.2) is 9.97 Å². The number of furan rings is 1. The third kappa shape index (κ3) is 3.00. The van der Waals surface area contributed by atoms with Crippen LogP contribution in [0.3, 0.4) is 0 Å². The maximum atomic E-state index is 5.67. The van der Waals surface area contributed by atoms with E-state index in [9.17, 15) is 0 Å². The molecule has 0 aromatic carbocycles. The van der Waals surface area contributed by atoms with Gasteiger partial charge in [0.25, 0.3) is 0 Å². The summed E-state index contributed by atoms with van der Waals surface area (Å²) in [6.45, 7) is 4.65. The Morgan fingerprint density at radius 2 is 2.17 bits per heavy atom. The molecule has 0 amide bonds. The molecule has 0 bridgehead atoms. The Balaban J connectivity index is 1.52. The number of aromatic nitrogens is 3. The Labute approximate surface area is 135 Å². The summed E-state index contributed by atoms with van der Waals surface area (Å²) in [7, 11) is 0. The standard InChI is InChI=1S/C18H18N4O/c1-13-4-5-16(23-13)12-22-8-6-17-15(11-22)10-20-18(21-17)14-3-2-7-19-9-14/h2-5,7,9-10H,6,8,11-12H2,1H3. The number of nitrogens with zero attached hydrogens (tertiary/aromatic N) is 4. The molecule has 116 valence electrons. The van der Waals surface area contributed by atoms with E-state index in [1.807, 2.05) is 37.4 Å². The Kier molecular flexibility index (Phi) is 3.63. The van der Waals surface area contributed by atoms with E-state index in [0.717, 1.165) is 54.7 Å². The summed E-state index contributed by atoms with van der Waals surface area (Å²) in [5.41, 5.74) is 3.31. The second kappa shape index (κ2) is 5.93. The van der Waals surface area contributed by atoms with Crippen LogP contribution in [-0.4, -0.2) is 26.4 Å². The molecule has 0 aliphatic carbocycles. The number of rotatable bonds is 3. The fraction of sp³-hybridized carbons (Fsp3) is 0.278. The Bertz CT molecular complexity index is 813. The van der Waals surface area contributed by atoms with Gasteiger partial charge in [-0.05, 0) is 31.2 Å². The lowest BCUT2D eigenvalue weighted by Crippen LogP contribution is -2.30. The van der Waals surface area contributed by atoms with E-state index < -0.39 is 0 Å². The first-order chi connectivity index (χ1) is 11.3. The quantitative estimate of drug-likeness (QED) is 0.744. The summed E-state index contributed by atoms with van der Waals surface area (Å²) < 4.78 is 5.67. The molecular formula is C18H18N4O. The SMILES string of the molecule is Cc1ccc(CN2CCc3nc(-c4cccnc4)ncc3C2)o1. The second-order valence-corrected chi connectivity index (χ2v) is 5.88. The van der Waals surface area contributed by atoms with E-state index in [1.165, 1.54) is 5.56 Å². The third-order valence-corrected chi connectivity index (χ3v) is 4.11. The molecule has 0 saturated carbocycles. The molecule has 1 aliphatic heterocycles. The maximum Gasteiger partial charge on any atom is 0.160 e. The third-order valence-electron chi connectivity index (χ3n) is 4.11. The number of hydrogen-bond acceptors (Lipinski definition) is 5. The molecule has 0 radical (unpaired) electrons. The zero-order valence-electron chi connectivity index (χ0n) is 13.1. The van der Waals surface area contributed by atoms with Gasteiger partial charge in [0.15, 0.2) is 5.82 Å². The molecule has 5 nitrogen and oxygen atoms in total. The molecule has 0 fully saturated rings. The van der Waals surface area contributed by atoms with E-state index in [0.29, 0.717) is 0 Å². The summed E-state index contributed by atoms with van der Waals surface area (Å²) in [5, 5.41) is 0. The van der Waals surface area contributed by atoms with Crippen LogP contribution in [0.5, 0.6) is 0 Å². The molecule has 5 heteroatoms. The van der Waals surface area contributed by atoms with Crippen molar-refractivity contribution in [1.82, 2.24) is 19.9 Å². The lowest BCUT2D eigenvalue weighted by Gasteiger charge is -2.27. The van der Waals surface area contributed by atoms with Gasteiger partial charge in [0.1, 0.15) is 11.5 Å². The smallest absolute Gasteiger partial charge is 0.160 e. The zero-order valence-corrected chi connectivity index (χ0v) is 13.1. The van der Waals surface area contributed by atoms with Gasteiger partial charge in [-0.2, -0.15) is 0 Å². The highest BCUT2D eigenvalue weighted by Gasteiger charge is 2.19. The molecule has 4 heterocycles. The zero-order chi connectivity index (χ0) is 15.6. The predicted octanol–water partition coefficient (Wildman–Crippen LogP) is 3.00. The molecule has 0 saturated heterocycles. The Morgan fingerprint density at radius 1 is 1.22 bits per heavy atom. The fourth-order valence-electron chi connectivity index (χ4n) is 2.93. The minimum Gasteiger partial charge on any atom is -0.465 e. The molecule has 0 N–H and O–H groups in total. The summed E-state index contributed by atoms with van der Waals surface area (Å²) in [6.07, 6.45) is 6.45. The normalized spacial score (nSPS) is 14.7. The van der Waals surface area contributed by atoms with Crippen molar-refractivity contribution < 1.29 is 4.42 Å². The van der Waals surface area contributed by atoms with Crippen molar-refractivity contribution >= 4 is 0 Å². The van der Waals surface area contributed by atoms with Crippen molar-refractivity contribution in [2.75, 3.05) is 6.54 Å². The van der Waals surface area contributed by atoms with Crippen molar-refractivity contribution in [3.05, 3.63) is 65.6 Å². The molecule has 3 aromatic heterocycles. The van der Waals surface area contributed by atoms with Crippen LogP contribution in [0.2, 0.25) is 0 Å². The van der Waals surface area contributed by atoms with Crippen LogP contribution in [0.15, 0.2) is 47.3 Å². The van der Waals surface area contributed by atoms with Crippen molar-refractivity contribution in [3.63, 3.8) is 0 Å². The van der Waals surface area contributed by atoms with Gasteiger partial charge in [0.2, 0.25) is 0 Å². The molecule has 23 heavy (non-hydrogen) atoms. The number of hydrogen-bond donors (Lipinski definition) is 0. The van der Waals surface area contributed by atoms with Crippen LogP contribution >= 0.6 is 0 Å². The van der Waals surface area contributed by atoms with Crippen LogP contribution < -0.4 is 0 Å². The Hall–Kier alpha value is -2.53. The molecule has 4 rings (SSSR count). The summed E-state index contributed by atoms with van der Waals surface area (Å²) in [5.74, 6) is 2.73. The number of pyridine rings is 1. The molecule has 3 aromatic rings. The number of fused-ring (bicyclic) bond motifs is 1. The molecule has 0 unspecified atom stereocenters. The average Bonchev–Trinajstić information content (AvgIpc) is 3.00. The number of aryl methyl sites for hydroxylation is 1. The Morgan fingerprint density at radius 3 is 2.96 bits per heavy atom. The molecule has 0 atom stereocenters. The second-order valence-electron chi connectivity index (χ2n) is 5.88. The summed E-state index contributed by atoms with van der Waals surface area (Å²) in [6, 6.07) is 7.96. The van der Waals surface area contributed by atoms with Crippen LogP contribution in [0.25, 0.3) is 11.4 Å². The van der Waals surface area contributed by atoms with Gasteiger partial charge >= 0.3 is 0 Å². The van der Waals surface area contributed by atoms with Crippen LogP contribution in [-0.2, 0) is 19.5 Å².